The van der Waals surface area contributed by atoms with Crippen LogP contribution < -0.4 is 5.32 Å². The van der Waals surface area contributed by atoms with Crippen LogP contribution in [-0.2, 0) is 19.1 Å². The molecule has 0 saturated carbocycles. The molecule has 1 saturated heterocycles. The van der Waals surface area contributed by atoms with Gasteiger partial charge >= 0.3 is 5.97 Å². The highest BCUT2D eigenvalue weighted by Gasteiger charge is 2.46. The zero-order valence-electron chi connectivity index (χ0n) is 14.0. The van der Waals surface area contributed by atoms with E-state index in [1.54, 1.807) is 12.1 Å². The Balaban J connectivity index is 2.08. The number of nitrogens with one attached hydrogen (secondary N) is 1. The number of esters is 1. The fourth-order valence-electron chi connectivity index (χ4n) is 2.47. The lowest BCUT2D eigenvalue weighted by Gasteiger charge is -2.41. The van der Waals surface area contributed by atoms with Crippen LogP contribution in [0.1, 0.15) is 12.5 Å². The Morgan fingerprint density at radius 1 is 1.23 bits per heavy atom. The minimum absolute atomic E-state index is 0.0843. The van der Waals surface area contributed by atoms with Crippen molar-refractivity contribution in [3.05, 3.63) is 35.9 Å². The van der Waals surface area contributed by atoms with E-state index >= 15 is 0 Å². The Morgan fingerprint density at radius 3 is 2.46 bits per heavy atom. The SMILES string of the molecule is CC(=O)NC1C(O)[C@H](O)C(CO)O[C@H]1OC(=O)/C=C/c1ccc(O)cc1. The smallest absolute Gasteiger partial charge is 0.333 e. The van der Waals surface area contributed by atoms with Gasteiger partial charge in [-0.15, -0.1) is 0 Å². The molecule has 1 aliphatic heterocycles. The summed E-state index contributed by atoms with van der Waals surface area (Å²) in [5.74, 6) is -1.26. The van der Waals surface area contributed by atoms with E-state index < -0.39 is 49.1 Å². The lowest BCUT2D eigenvalue weighted by Crippen LogP contribution is -2.64. The third kappa shape index (κ3) is 5.02. The summed E-state index contributed by atoms with van der Waals surface area (Å²) in [6.45, 7) is 0.587. The van der Waals surface area contributed by atoms with Crippen molar-refractivity contribution in [1.82, 2.24) is 5.32 Å². The Bertz CT molecular complexity index is 659. The number of phenolic OH excluding ortho intramolecular Hbond substituents is 1. The Hall–Kier alpha value is -2.46. The summed E-state index contributed by atoms with van der Waals surface area (Å²) in [5, 5.41) is 40.8. The van der Waals surface area contributed by atoms with Gasteiger partial charge in [-0.3, -0.25) is 4.79 Å². The van der Waals surface area contributed by atoms with Gasteiger partial charge in [0.25, 0.3) is 0 Å². The Kier molecular flexibility index (Phi) is 6.70. The number of phenols is 1. The van der Waals surface area contributed by atoms with E-state index in [0.717, 1.165) is 6.08 Å². The molecule has 1 aromatic rings. The van der Waals surface area contributed by atoms with Crippen LogP contribution in [0.2, 0.25) is 0 Å². The molecule has 1 heterocycles. The van der Waals surface area contributed by atoms with E-state index in [-0.39, 0.29) is 5.75 Å². The predicted molar refractivity (Wildman–Crippen MR) is 88.6 cm³/mol. The summed E-state index contributed by atoms with van der Waals surface area (Å²) in [6.07, 6.45) is -2.98. The van der Waals surface area contributed by atoms with E-state index in [2.05, 4.69) is 5.32 Å². The zero-order chi connectivity index (χ0) is 19.3. The minimum Gasteiger partial charge on any atom is -0.508 e. The lowest BCUT2D eigenvalue weighted by atomic mass is 9.97. The first-order valence-corrected chi connectivity index (χ1v) is 7.89. The van der Waals surface area contributed by atoms with Crippen LogP contribution in [0.15, 0.2) is 30.3 Å². The van der Waals surface area contributed by atoms with Gasteiger partial charge in [0.2, 0.25) is 12.2 Å². The summed E-state index contributed by atoms with van der Waals surface area (Å²) >= 11 is 0. The average Bonchev–Trinajstić information content (AvgIpc) is 2.60. The number of benzene rings is 1. The number of hydrogen-bond acceptors (Lipinski definition) is 8. The van der Waals surface area contributed by atoms with Gasteiger partial charge < -0.3 is 35.2 Å². The molecule has 1 aromatic carbocycles. The van der Waals surface area contributed by atoms with Gasteiger partial charge in [0, 0.05) is 13.0 Å². The van der Waals surface area contributed by atoms with Crippen LogP contribution in [0.5, 0.6) is 5.75 Å². The number of rotatable bonds is 5. The second kappa shape index (κ2) is 8.77. The normalized spacial score (nSPS) is 28.7. The van der Waals surface area contributed by atoms with E-state index in [1.165, 1.54) is 25.1 Å². The van der Waals surface area contributed by atoms with Crippen LogP contribution in [0.4, 0.5) is 0 Å². The molecule has 1 fully saturated rings. The summed E-state index contributed by atoms with van der Waals surface area (Å²) in [6, 6.07) is 4.87. The summed E-state index contributed by atoms with van der Waals surface area (Å²) in [7, 11) is 0. The van der Waals surface area contributed by atoms with Crippen LogP contribution in [0.25, 0.3) is 6.08 Å². The molecule has 0 bridgehead atoms. The molecule has 3 unspecified atom stereocenters. The first-order chi connectivity index (χ1) is 12.3. The third-order valence-corrected chi connectivity index (χ3v) is 3.79. The van der Waals surface area contributed by atoms with Crippen molar-refractivity contribution in [2.75, 3.05) is 6.61 Å². The van der Waals surface area contributed by atoms with Crippen molar-refractivity contribution in [3.8, 4) is 5.75 Å². The minimum atomic E-state index is -1.50. The highest BCUT2D eigenvalue weighted by molar-refractivity contribution is 5.87. The second-order valence-corrected chi connectivity index (χ2v) is 5.79. The van der Waals surface area contributed by atoms with Crippen molar-refractivity contribution in [1.29, 1.82) is 0 Å². The van der Waals surface area contributed by atoms with E-state index in [9.17, 15) is 30.0 Å². The molecule has 2 rings (SSSR count). The molecule has 26 heavy (non-hydrogen) atoms. The van der Waals surface area contributed by atoms with Crippen LogP contribution in [0, 0.1) is 0 Å². The van der Waals surface area contributed by atoms with Gasteiger partial charge in [-0.05, 0) is 23.8 Å². The predicted octanol–water partition coefficient (Wildman–Crippen LogP) is -1.11. The molecule has 1 aliphatic rings. The molecule has 9 nitrogen and oxygen atoms in total. The Labute approximate surface area is 149 Å². The highest BCUT2D eigenvalue weighted by atomic mass is 16.7. The highest BCUT2D eigenvalue weighted by Crippen LogP contribution is 2.22. The van der Waals surface area contributed by atoms with E-state index in [0.29, 0.717) is 5.56 Å². The standard InChI is InChI=1S/C17H21NO8/c1-9(20)18-14-16(24)15(23)12(8-19)25-17(14)26-13(22)7-4-10-2-5-11(21)6-3-10/h2-7,12,14-17,19,21,23-24H,8H2,1H3,(H,18,20)/b7-4+/t12?,14?,15-,16?,17+/m1/s1. The second-order valence-electron chi connectivity index (χ2n) is 5.79. The molecule has 0 aliphatic carbocycles. The number of carbonyl (C=O) groups is 2. The maximum absolute atomic E-state index is 12.0. The largest absolute Gasteiger partial charge is 0.508 e. The summed E-state index contributed by atoms with van der Waals surface area (Å²) < 4.78 is 10.4. The molecular weight excluding hydrogens is 346 g/mol. The maximum atomic E-state index is 12.0. The topological polar surface area (TPSA) is 146 Å². The molecule has 1 amide bonds. The number of ether oxygens (including phenoxy) is 2. The average molecular weight is 367 g/mol. The van der Waals surface area contributed by atoms with Crippen molar-refractivity contribution >= 4 is 18.0 Å². The van der Waals surface area contributed by atoms with Crippen molar-refractivity contribution < 1.29 is 39.5 Å². The van der Waals surface area contributed by atoms with Gasteiger partial charge in [-0.1, -0.05) is 12.1 Å². The maximum Gasteiger partial charge on any atom is 0.333 e. The van der Waals surface area contributed by atoms with Gasteiger partial charge in [0.1, 0.15) is 30.1 Å². The van der Waals surface area contributed by atoms with Crippen molar-refractivity contribution in [2.24, 2.45) is 0 Å². The molecule has 0 spiro atoms. The number of hydrogen-bond donors (Lipinski definition) is 5. The molecule has 0 aromatic heterocycles. The van der Waals surface area contributed by atoms with Gasteiger partial charge in [-0.2, -0.15) is 0 Å². The molecular formula is C17H21NO8. The third-order valence-electron chi connectivity index (χ3n) is 3.79. The summed E-state index contributed by atoms with van der Waals surface area (Å²) in [5.41, 5.74) is 0.631. The van der Waals surface area contributed by atoms with Crippen molar-refractivity contribution in [2.45, 2.75) is 37.6 Å². The van der Waals surface area contributed by atoms with Crippen LogP contribution >= 0.6 is 0 Å². The molecule has 5 N–H and O–H groups in total. The van der Waals surface area contributed by atoms with Crippen molar-refractivity contribution in [3.63, 3.8) is 0 Å². The first-order valence-electron chi connectivity index (χ1n) is 7.89. The first kappa shape index (κ1) is 19.9. The monoisotopic (exact) mass is 367 g/mol. The fourth-order valence-corrected chi connectivity index (χ4v) is 2.47. The molecule has 142 valence electrons. The molecule has 0 radical (unpaired) electrons. The van der Waals surface area contributed by atoms with E-state index in [4.69, 9.17) is 9.47 Å². The summed E-state index contributed by atoms with van der Waals surface area (Å²) in [4.78, 5) is 23.3. The van der Waals surface area contributed by atoms with Crippen LogP contribution in [0.3, 0.4) is 0 Å². The van der Waals surface area contributed by atoms with Gasteiger partial charge in [-0.25, -0.2) is 4.79 Å². The Morgan fingerprint density at radius 2 is 1.88 bits per heavy atom. The quantitative estimate of drug-likeness (QED) is 0.325. The number of aliphatic hydroxyl groups is 3. The number of carbonyl (C=O) groups excluding carboxylic acids is 2. The lowest BCUT2D eigenvalue weighted by molar-refractivity contribution is -0.261. The van der Waals surface area contributed by atoms with E-state index in [1.807, 2.05) is 0 Å². The van der Waals surface area contributed by atoms with Gasteiger partial charge in [0.15, 0.2) is 0 Å². The number of aromatic hydroxyl groups is 1. The molecule has 9 heteroatoms. The van der Waals surface area contributed by atoms with Crippen LogP contribution in [-0.4, -0.2) is 69.6 Å². The molecule has 5 atom stereocenters. The van der Waals surface area contributed by atoms with Gasteiger partial charge in [0.05, 0.1) is 6.61 Å². The zero-order valence-corrected chi connectivity index (χ0v) is 14.0. The number of aliphatic hydroxyl groups excluding tert-OH is 3. The fraction of sp³-hybridized carbons (Fsp3) is 0.412. The number of amides is 1.